The molecule has 4 aromatic heterocycles. The number of thiazole rings is 1. The second-order valence-electron chi connectivity index (χ2n) is 31.5. The fourth-order valence-corrected chi connectivity index (χ4v) is 18.1. The summed E-state index contributed by atoms with van der Waals surface area (Å²) >= 11 is 30.4. The van der Waals surface area contributed by atoms with E-state index in [1.165, 1.54) is 48.1 Å². The molecule has 0 radical (unpaired) electrons. The second kappa shape index (κ2) is 31.7. The average Bonchev–Trinajstić information content (AvgIpc) is 1.57. The summed E-state index contributed by atoms with van der Waals surface area (Å²) in [6, 6.07) is 23.6. The van der Waals surface area contributed by atoms with Gasteiger partial charge in [0.15, 0.2) is 43.1 Å². The second-order valence-corrected chi connectivity index (χ2v) is 34.8. The zero-order valence-corrected chi connectivity index (χ0v) is 66.4. The van der Waals surface area contributed by atoms with E-state index in [4.69, 9.17) is 85.8 Å². The van der Waals surface area contributed by atoms with Crippen LogP contribution in [0.4, 0.5) is 8.78 Å². The van der Waals surface area contributed by atoms with Crippen LogP contribution >= 0.6 is 69.3 Å². The van der Waals surface area contributed by atoms with Crippen molar-refractivity contribution in [3.05, 3.63) is 202 Å². The number of nitrogens with one attached hydrogen (secondary N) is 8. The van der Waals surface area contributed by atoms with Crippen LogP contribution in [-0.4, -0.2) is 133 Å². The summed E-state index contributed by atoms with van der Waals surface area (Å²) in [4.78, 5) is 112. The third-order valence-corrected chi connectivity index (χ3v) is 24.5. The van der Waals surface area contributed by atoms with Crippen LogP contribution in [-0.2, 0) is 25.6 Å². The zero-order chi connectivity index (χ0) is 80.0. The highest BCUT2D eigenvalue weighted by molar-refractivity contribution is 7.13. The van der Waals surface area contributed by atoms with Crippen molar-refractivity contribution in [3.8, 4) is 23.0 Å². The molecule has 8 bridgehead atoms. The van der Waals surface area contributed by atoms with E-state index < -0.39 is 11.6 Å². The Kier molecular flexibility index (Phi) is 22.4. The SMILES string of the molecule is CCc1ccnc(C(=O)NC23CC(NC(=O)COc4ccc(Cl)c(Cl)c4)(C2)C3)c1.Cc1cc(OCC(=O)NC23CC(NC(=O)c4cnc(C5CC5)o4)(C2)C3)ccc1Cl.Cc1cnc(C(=O)NC23CCC(NC(=O)COc4ccc(Cl)c(F)c4)(C2)C3)s1.Cc1coc(C(=O)NC23CC(NC(=O)COc4ccc(Cl)c(F)c4)(C2)C3)c1. The molecule has 13 fully saturated rings. The van der Waals surface area contributed by atoms with Crippen LogP contribution in [0, 0.1) is 32.4 Å². The molecule has 25 nitrogen and oxygen atoms in total. The quantitative estimate of drug-likeness (QED) is 0.0250. The number of furan rings is 1. The fourth-order valence-electron chi connectivity index (χ4n) is 16.8. The van der Waals surface area contributed by atoms with E-state index in [1.807, 2.05) is 39.8 Å². The summed E-state index contributed by atoms with van der Waals surface area (Å²) in [7, 11) is 0. The van der Waals surface area contributed by atoms with Gasteiger partial charge in [-0.15, -0.1) is 11.3 Å². The van der Waals surface area contributed by atoms with Crippen molar-refractivity contribution >= 4 is 117 Å². The minimum Gasteiger partial charge on any atom is -0.484 e. The number of fused-ring (bicyclic) bond motifs is 1. The van der Waals surface area contributed by atoms with Gasteiger partial charge in [0.25, 0.3) is 47.3 Å². The lowest BCUT2D eigenvalue weighted by molar-refractivity contribution is -0.142. The number of rotatable bonds is 26. The van der Waals surface area contributed by atoms with E-state index in [9.17, 15) is 47.1 Å². The number of benzene rings is 4. The van der Waals surface area contributed by atoms with Crippen LogP contribution in [0.5, 0.6) is 23.0 Å². The molecule has 594 valence electrons. The van der Waals surface area contributed by atoms with Crippen LogP contribution in [0.1, 0.15) is 178 Å². The Hall–Kier alpha value is -9.58. The Morgan fingerprint density at radius 1 is 0.460 bits per heavy atom. The molecular weight excluding hydrogens is 1590 g/mol. The summed E-state index contributed by atoms with van der Waals surface area (Å²) < 4.78 is 59.2. The van der Waals surface area contributed by atoms with E-state index in [0.29, 0.717) is 86.9 Å². The number of aryl methyl sites for hydroxylation is 4. The number of carbonyl (C=O) groups excluding carboxylic acids is 8. The molecule has 8 amide bonds. The summed E-state index contributed by atoms with van der Waals surface area (Å²) in [5.74, 6) is 0.265. The Bertz CT molecular complexity index is 5030. The fraction of sp³-hybridized carbons (Fsp3) is 0.412. The van der Waals surface area contributed by atoms with Gasteiger partial charge < -0.3 is 70.3 Å². The number of aromatic nitrogens is 3. The number of oxazole rings is 1. The first-order valence-electron chi connectivity index (χ1n) is 36.8. The van der Waals surface area contributed by atoms with Crippen molar-refractivity contribution in [1.82, 2.24) is 57.5 Å². The standard InChI is InChI=1S/C21H21Cl2N3O3.C21H22ClN3O4.C19H19ClFN3O3S.C19H18ClFN2O4/c1-2-13-5-6-24-17(7-13)19(28)26-21-10-20(11-21,12-21)25-18(27)9-29-14-3-4-15(22)16(23)8-14;1-12-6-14(4-5-15(12)22)28-8-17(26)24-20-9-21(10-20,11-20)25-18(27)16-7-23-19(29-16)13-2-3-13;1-11-7-22-17(28-11)16(26)24-19-5-4-18(9-19,10-19)23-15(25)8-27-12-2-3-13(20)14(21)6-12;1-11-4-15(27-6-11)17(25)23-19-8-18(9-19,10-19)22-16(24)7-26-12-2-3-13(20)14(21)5-12/h3-8H,2,9-12H2,1H3,(H,25,27)(H,26,28);4-7,13H,2-3,8-11H2,1H3,(H,24,26)(H,25,27);2-3,6-7H,4-5,8-10H2,1H3,(H,23,25)(H,24,26);2-6H,7-10H2,1H3,(H,22,24)(H,23,25). The summed E-state index contributed by atoms with van der Waals surface area (Å²) in [6.07, 6.45) is 18.7. The van der Waals surface area contributed by atoms with E-state index in [2.05, 4.69) is 57.5 Å². The summed E-state index contributed by atoms with van der Waals surface area (Å²) in [5.41, 5.74) is 1.19. The zero-order valence-electron chi connectivity index (χ0n) is 61.8. The number of ether oxygens (including phenoxy) is 4. The normalized spacial score (nSPS) is 25.3. The molecule has 13 aliphatic rings. The summed E-state index contributed by atoms with van der Waals surface area (Å²) in [5, 5.41) is 26.2. The highest BCUT2D eigenvalue weighted by Gasteiger charge is 2.71. The number of nitrogens with zero attached hydrogens (tertiary/aromatic N) is 3. The van der Waals surface area contributed by atoms with Crippen LogP contribution in [0.25, 0.3) is 0 Å². The number of amides is 8. The first-order valence-corrected chi connectivity index (χ1v) is 39.5. The van der Waals surface area contributed by atoms with E-state index in [0.717, 1.165) is 104 Å². The lowest BCUT2D eigenvalue weighted by atomic mass is 9.44. The Morgan fingerprint density at radius 3 is 1.33 bits per heavy atom. The maximum absolute atomic E-state index is 13.4. The number of halogens is 7. The predicted molar refractivity (Wildman–Crippen MR) is 414 cm³/mol. The molecule has 0 atom stereocenters. The van der Waals surface area contributed by atoms with Gasteiger partial charge in [-0.25, -0.2) is 18.7 Å². The van der Waals surface area contributed by atoms with Gasteiger partial charge in [0.2, 0.25) is 5.76 Å². The number of pyridine rings is 1. The molecule has 13 saturated carbocycles. The Balaban J connectivity index is 0.000000125. The van der Waals surface area contributed by atoms with Crippen molar-refractivity contribution in [3.63, 3.8) is 0 Å². The monoisotopic (exact) mass is 1660 g/mol. The molecule has 33 heteroatoms. The predicted octanol–water partition coefficient (Wildman–Crippen LogP) is 12.9. The smallest absolute Gasteiger partial charge is 0.289 e. The van der Waals surface area contributed by atoms with Crippen LogP contribution in [0.2, 0.25) is 25.1 Å². The van der Waals surface area contributed by atoms with Gasteiger partial charge in [-0.3, -0.25) is 43.3 Å². The average molecular weight is 1670 g/mol. The highest BCUT2D eigenvalue weighted by Crippen LogP contribution is 2.62. The summed E-state index contributed by atoms with van der Waals surface area (Å²) in [6.45, 7) is 7.11. The number of hydrogen-bond acceptors (Lipinski definition) is 18. The first kappa shape index (κ1) is 80.0. The minimum atomic E-state index is -0.599. The number of carbonyl (C=O) groups is 8. The maximum atomic E-state index is 13.4. The van der Waals surface area contributed by atoms with Gasteiger partial charge in [-0.05, 0) is 213 Å². The molecule has 8 N–H and O–H groups in total. The molecule has 4 aromatic carbocycles. The van der Waals surface area contributed by atoms with Crippen LogP contribution in [0.3, 0.4) is 0 Å². The number of hydrogen-bond donors (Lipinski definition) is 8. The molecule has 13 aliphatic carbocycles. The maximum Gasteiger partial charge on any atom is 0.289 e. The van der Waals surface area contributed by atoms with Gasteiger partial charge >= 0.3 is 0 Å². The van der Waals surface area contributed by atoms with Crippen molar-refractivity contribution in [2.24, 2.45) is 0 Å². The third kappa shape index (κ3) is 18.3. The minimum absolute atomic E-state index is 0.00211. The van der Waals surface area contributed by atoms with Crippen molar-refractivity contribution in [2.75, 3.05) is 26.4 Å². The molecule has 0 spiro atoms. The van der Waals surface area contributed by atoms with E-state index in [1.54, 1.807) is 54.9 Å². The topological polar surface area (TPSA) is 335 Å². The molecule has 21 rings (SSSR count). The van der Waals surface area contributed by atoms with Gasteiger partial charge in [0.05, 0.1) is 32.6 Å². The lowest BCUT2D eigenvalue weighted by Crippen LogP contribution is -2.84. The largest absolute Gasteiger partial charge is 0.484 e. The van der Waals surface area contributed by atoms with Crippen molar-refractivity contribution < 1.29 is 74.9 Å². The molecule has 0 saturated heterocycles. The highest BCUT2D eigenvalue weighted by atomic mass is 35.5. The molecule has 4 heterocycles. The van der Waals surface area contributed by atoms with Gasteiger partial charge in [0, 0.05) is 90.7 Å². The lowest BCUT2D eigenvalue weighted by Gasteiger charge is -2.70. The van der Waals surface area contributed by atoms with Crippen LogP contribution < -0.4 is 61.5 Å². The molecule has 0 aliphatic heterocycles. The van der Waals surface area contributed by atoms with Crippen LogP contribution in [0.15, 0.2) is 125 Å². The van der Waals surface area contributed by atoms with E-state index >= 15 is 0 Å². The van der Waals surface area contributed by atoms with Crippen molar-refractivity contribution in [2.45, 2.75) is 181 Å². The van der Waals surface area contributed by atoms with Gasteiger partial charge in [-0.2, -0.15) is 0 Å². The van der Waals surface area contributed by atoms with Gasteiger partial charge in [0.1, 0.15) is 40.3 Å². The molecule has 0 unspecified atom stereocenters. The van der Waals surface area contributed by atoms with Gasteiger partial charge in [-0.1, -0.05) is 64.9 Å². The Morgan fingerprint density at radius 2 is 0.885 bits per heavy atom. The Labute approximate surface area is 677 Å². The first-order chi connectivity index (χ1) is 53.7. The third-order valence-electron chi connectivity index (χ3n) is 21.9. The molecular formula is C80H80Cl5F2N11O14S. The molecule has 113 heavy (non-hydrogen) atoms. The van der Waals surface area contributed by atoms with Crippen molar-refractivity contribution in [1.29, 1.82) is 0 Å². The van der Waals surface area contributed by atoms with E-state index in [-0.39, 0.29) is 145 Å². The molecule has 8 aromatic rings.